The number of hydrogen-bond donors (Lipinski definition) is 4. The van der Waals surface area contributed by atoms with Crippen LogP contribution in [0.15, 0.2) is 35.3 Å². The van der Waals surface area contributed by atoms with Crippen molar-refractivity contribution in [3.05, 3.63) is 51.9 Å². The van der Waals surface area contributed by atoms with E-state index >= 15 is 0 Å². The fourth-order valence-electron chi connectivity index (χ4n) is 5.23. The van der Waals surface area contributed by atoms with Gasteiger partial charge in [-0.3, -0.25) is 9.59 Å². The van der Waals surface area contributed by atoms with Gasteiger partial charge in [-0.25, -0.2) is 4.98 Å². The second kappa shape index (κ2) is 10.3. The maximum absolute atomic E-state index is 13.5. The van der Waals surface area contributed by atoms with Crippen molar-refractivity contribution in [1.29, 1.82) is 0 Å². The summed E-state index contributed by atoms with van der Waals surface area (Å²) in [6.07, 6.45) is 4.35. The molecule has 2 unspecified atom stereocenters. The molecular formula is C26H33N7O4. The Labute approximate surface area is 214 Å². The number of amides is 1. The molecule has 0 aliphatic carbocycles. The van der Waals surface area contributed by atoms with E-state index in [1.165, 1.54) is 0 Å². The summed E-state index contributed by atoms with van der Waals surface area (Å²) in [6, 6.07) is 7.58. The lowest BCUT2D eigenvalue weighted by atomic mass is 9.91. The highest BCUT2D eigenvalue weighted by molar-refractivity contribution is 5.95. The number of nitrogens with two attached hydrogens (primary N) is 1. The number of ether oxygens (including phenoxy) is 1. The van der Waals surface area contributed by atoms with Crippen molar-refractivity contribution in [2.75, 3.05) is 37.9 Å². The van der Waals surface area contributed by atoms with E-state index < -0.39 is 0 Å². The number of methoxy groups -OCH3 is 1. The van der Waals surface area contributed by atoms with Gasteiger partial charge in [0.05, 0.1) is 31.8 Å². The predicted octanol–water partition coefficient (Wildman–Crippen LogP) is 1.19. The number of nitrogens with one attached hydrogen (secondary N) is 2. The van der Waals surface area contributed by atoms with Crippen molar-refractivity contribution < 1.29 is 14.6 Å². The monoisotopic (exact) mass is 507 g/mol. The molecule has 3 saturated heterocycles. The molecule has 0 spiro atoms. The first kappa shape index (κ1) is 25.0. The number of pyridine rings is 1. The quantitative estimate of drug-likeness (QED) is 0.335. The molecule has 2 aromatic heterocycles. The van der Waals surface area contributed by atoms with E-state index in [2.05, 4.69) is 20.6 Å². The molecule has 0 radical (unpaired) electrons. The Morgan fingerprint density at radius 3 is 2.73 bits per heavy atom. The van der Waals surface area contributed by atoms with E-state index in [0.717, 1.165) is 18.4 Å². The van der Waals surface area contributed by atoms with Gasteiger partial charge in [-0.15, -0.1) is 0 Å². The average Bonchev–Trinajstić information content (AvgIpc) is 2.89. The van der Waals surface area contributed by atoms with Crippen LogP contribution >= 0.6 is 0 Å². The number of benzene rings is 1. The molecule has 3 aromatic rings. The van der Waals surface area contributed by atoms with Crippen LogP contribution in [0.2, 0.25) is 0 Å². The fraction of sp³-hybridized carbons (Fsp3) is 0.462. The summed E-state index contributed by atoms with van der Waals surface area (Å²) in [4.78, 5) is 37.0. The first-order valence-corrected chi connectivity index (χ1v) is 12.7. The summed E-state index contributed by atoms with van der Waals surface area (Å²) < 4.78 is 7.15. The minimum atomic E-state index is -0.296. The molecule has 196 valence electrons. The summed E-state index contributed by atoms with van der Waals surface area (Å²) in [7, 11) is 1.55. The van der Waals surface area contributed by atoms with Crippen LogP contribution in [0.4, 0.5) is 11.8 Å². The summed E-state index contributed by atoms with van der Waals surface area (Å²) in [5.74, 6) is 0.869. The van der Waals surface area contributed by atoms with Crippen LogP contribution in [0, 0.1) is 0 Å². The molecule has 11 heteroatoms. The molecule has 3 aliphatic heterocycles. The average molecular weight is 508 g/mol. The van der Waals surface area contributed by atoms with Gasteiger partial charge in [0.1, 0.15) is 17.0 Å². The first-order valence-electron chi connectivity index (χ1n) is 12.7. The zero-order valence-electron chi connectivity index (χ0n) is 21.1. The highest BCUT2D eigenvalue weighted by Crippen LogP contribution is 2.26. The molecule has 5 heterocycles. The van der Waals surface area contributed by atoms with Gasteiger partial charge in [0, 0.05) is 42.5 Å². The normalized spacial score (nSPS) is 19.4. The van der Waals surface area contributed by atoms with E-state index in [9.17, 15) is 14.7 Å². The second-order valence-electron chi connectivity index (χ2n) is 9.78. The van der Waals surface area contributed by atoms with E-state index in [4.69, 9.17) is 10.5 Å². The summed E-state index contributed by atoms with van der Waals surface area (Å²) in [5, 5.41) is 16.6. The Hall–Kier alpha value is -3.70. The number of nitrogen functional groups attached to an aromatic ring is 1. The van der Waals surface area contributed by atoms with Gasteiger partial charge in [0.25, 0.3) is 11.5 Å². The van der Waals surface area contributed by atoms with Crippen molar-refractivity contribution >= 4 is 28.6 Å². The topological polar surface area (TPSA) is 148 Å². The van der Waals surface area contributed by atoms with Gasteiger partial charge in [-0.1, -0.05) is 19.4 Å². The molecule has 3 aliphatic rings. The standard InChI is InChI=1S/C26H33N7O4/c1-3-4-17(14-34)29-23-22-20(30-26(27)31-23)7-8-32(25(22)36)11-16-6-5-15(9-21(16)37-2)24(35)33-12-18-10-19(13-33)28-18/h5-9,17-19,28,34H,3-4,10-14H2,1-2H3,(H3,27,29,30,31)/t17-,18?,19?/m0/s1. The third-order valence-corrected chi connectivity index (χ3v) is 7.12. The largest absolute Gasteiger partial charge is 0.496 e. The summed E-state index contributed by atoms with van der Waals surface area (Å²) in [5.41, 5.74) is 7.33. The van der Waals surface area contributed by atoms with Crippen LogP contribution in [0.25, 0.3) is 10.9 Å². The van der Waals surface area contributed by atoms with Gasteiger partial charge >= 0.3 is 0 Å². The number of carbonyl (C=O) groups is 1. The van der Waals surface area contributed by atoms with Crippen molar-refractivity contribution in [3.8, 4) is 5.75 Å². The highest BCUT2D eigenvalue weighted by Gasteiger charge is 2.38. The second-order valence-corrected chi connectivity index (χ2v) is 9.78. The van der Waals surface area contributed by atoms with Crippen molar-refractivity contribution in [1.82, 2.24) is 24.8 Å². The van der Waals surface area contributed by atoms with Crippen molar-refractivity contribution in [3.63, 3.8) is 0 Å². The molecular weight excluding hydrogens is 474 g/mol. The number of aliphatic hydroxyl groups is 1. The fourth-order valence-corrected chi connectivity index (χ4v) is 5.23. The van der Waals surface area contributed by atoms with E-state index in [1.54, 1.807) is 36.1 Å². The Morgan fingerprint density at radius 1 is 1.30 bits per heavy atom. The number of carbonyl (C=O) groups excluding carboxylic acids is 1. The number of piperazine rings is 1. The van der Waals surface area contributed by atoms with Gasteiger partial charge in [-0.2, -0.15) is 4.98 Å². The number of nitrogens with zero attached hydrogens (tertiary/aromatic N) is 4. The number of aliphatic hydroxyl groups excluding tert-OH is 1. The zero-order valence-corrected chi connectivity index (χ0v) is 21.1. The number of aromatic nitrogens is 3. The molecule has 11 nitrogen and oxygen atoms in total. The highest BCUT2D eigenvalue weighted by atomic mass is 16.5. The molecule has 1 aromatic carbocycles. The summed E-state index contributed by atoms with van der Waals surface area (Å²) >= 11 is 0. The van der Waals surface area contributed by atoms with Gasteiger partial charge in [-0.05, 0) is 31.0 Å². The van der Waals surface area contributed by atoms with Crippen LogP contribution in [0.3, 0.4) is 0 Å². The maximum atomic E-state index is 13.5. The number of hydrogen-bond acceptors (Lipinski definition) is 9. The first-order chi connectivity index (χ1) is 17.9. The minimum absolute atomic E-state index is 0.0140. The predicted molar refractivity (Wildman–Crippen MR) is 141 cm³/mol. The number of fused-ring (bicyclic) bond motifs is 3. The van der Waals surface area contributed by atoms with Crippen LogP contribution in [0.1, 0.15) is 42.1 Å². The molecule has 1 amide bonds. The summed E-state index contributed by atoms with van der Waals surface area (Å²) in [6.45, 7) is 3.57. The molecule has 3 fully saturated rings. The zero-order chi connectivity index (χ0) is 26.1. The van der Waals surface area contributed by atoms with Crippen molar-refractivity contribution in [2.24, 2.45) is 0 Å². The van der Waals surface area contributed by atoms with Crippen LogP contribution < -0.4 is 26.7 Å². The molecule has 37 heavy (non-hydrogen) atoms. The third kappa shape index (κ3) is 4.96. The Balaban J connectivity index is 1.44. The Morgan fingerprint density at radius 2 is 2.05 bits per heavy atom. The smallest absolute Gasteiger partial charge is 0.264 e. The van der Waals surface area contributed by atoms with E-state index in [0.29, 0.717) is 59.6 Å². The van der Waals surface area contributed by atoms with E-state index in [1.807, 2.05) is 17.9 Å². The molecule has 6 rings (SSSR count). The molecule has 3 atom stereocenters. The van der Waals surface area contributed by atoms with Gasteiger partial charge < -0.3 is 35.7 Å². The molecule has 0 saturated carbocycles. The number of rotatable bonds is 9. The van der Waals surface area contributed by atoms with Gasteiger partial charge in [0.15, 0.2) is 0 Å². The maximum Gasteiger partial charge on any atom is 0.264 e. The van der Waals surface area contributed by atoms with Crippen LogP contribution in [0.5, 0.6) is 5.75 Å². The van der Waals surface area contributed by atoms with Gasteiger partial charge in [0.2, 0.25) is 5.95 Å². The van der Waals surface area contributed by atoms with Crippen LogP contribution in [-0.2, 0) is 6.54 Å². The minimum Gasteiger partial charge on any atom is -0.496 e. The third-order valence-electron chi connectivity index (χ3n) is 7.12. The Kier molecular flexibility index (Phi) is 6.98. The van der Waals surface area contributed by atoms with Crippen LogP contribution in [-0.4, -0.2) is 75.4 Å². The lowest BCUT2D eigenvalue weighted by molar-refractivity contribution is 0.0473. The number of piperidine rings is 1. The number of anilines is 2. The SMILES string of the molecule is CCC[C@@H](CO)Nc1nc(N)nc2ccn(Cc3ccc(C(=O)N4CC5CC(C4)N5)cc3OC)c(=O)c12. The Bertz CT molecular complexity index is 1360. The molecule has 2 bridgehead atoms. The van der Waals surface area contributed by atoms with E-state index in [-0.39, 0.29) is 36.6 Å². The molecule has 5 N–H and O–H groups in total. The van der Waals surface area contributed by atoms with Crippen molar-refractivity contribution in [2.45, 2.75) is 50.9 Å². The lowest BCUT2D eigenvalue weighted by Crippen LogP contribution is -2.67. The lowest BCUT2D eigenvalue weighted by Gasteiger charge is -2.48.